The Morgan fingerprint density at radius 1 is 1.40 bits per heavy atom. The first-order valence-corrected chi connectivity index (χ1v) is 6.19. The Balaban J connectivity index is 2.14. The molecule has 0 heterocycles. The maximum absolute atomic E-state index is 5.86. The van der Waals surface area contributed by atoms with E-state index >= 15 is 0 Å². The summed E-state index contributed by atoms with van der Waals surface area (Å²) in [6.45, 7) is 0.689. The number of rotatable bonds is 4. The van der Waals surface area contributed by atoms with E-state index in [0.717, 1.165) is 10.5 Å². The summed E-state index contributed by atoms with van der Waals surface area (Å²) in [6, 6.07) is 9.59. The fourth-order valence-electron chi connectivity index (χ4n) is 1.96. The van der Waals surface area contributed by atoms with Crippen molar-refractivity contribution in [3.63, 3.8) is 0 Å². The standard InChI is InChI=1S/C12H17BrN2/c1-15(11-6-7-11)12(8-14)9-2-4-10(13)5-3-9/h2-5,11-12H,6-8,14H2,1H3. The molecule has 2 nitrogen and oxygen atoms in total. The number of hydrogen-bond donors (Lipinski definition) is 1. The van der Waals surface area contributed by atoms with Crippen molar-refractivity contribution in [1.82, 2.24) is 4.90 Å². The third kappa shape index (κ3) is 2.60. The summed E-state index contributed by atoms with van der Waals surface area (Å²) in [7, 11) is 2.18. The monoisotopic (exact) mass is 268 g/mol. The second kappa shape index (κ2) is 4.64. The van der Waals surface area contributed by atoms with E-state index in [9.17, 15) is 0 Å². The van der Waals surface area contributed by atoms with Crippen LogP contribution in [0.2, 0.25) is 0 Å². The quantitative estimate of drug-likeness (QED) is 0.910. The Morgan fingerprint density at radius 2 is 2.00 bits per heavy atom. The average Bonchev–Trinajstić information content (AvgIpc) is 3.05. The molecule has 0 aromatic heterocycles. The van der Waals surface area contributed by atoms with Crippen molar-refractivity contribution >= 4 is 15.9 Å². The van der Waals surface area contributed by atoms with Crippen LogP contribution in [0.3, 0.4) is 0 Å². The number of halogens is 1. The van der Waals surface area contributed by atoms with E-state index in [1.807, 2.05) is 0 Å². The molecule has 0 radical (unpaired) electrons. The Kier molecular flexibility index (Phi) is 3.44. The van der Waals surface area contributed by atoms with Gasteiger partial charge in [0.1, 0.15) is 0 Å². The molecule has 1 saturated carbocycles. The first kappa shape index (κ1) is 11.1. The lowest BCUT2D eigenvalue weighted by Crippen LogP contribution is -2.32. The summed E-state index contributed by atoms with van der Waals surface area (Å²) >= 11 is 3.45. The Morgan fingerprint density at radius 3 is 2.47 bits per heavy atom. The van der Waals surface area contributed by atoms with Gasteiger partial charge in [-0.25, -0.2) is 0 Å². The molecule has 1 atom stereocenters. The average molecular weight is 269 g/mol. The number of hydrogen-bond acceptors (Lipinski definition) is 2. The molecule has 0 amide bonds. The first-order valence-electron chi connectivity index (χ1n) is 5.40. The topological polar surface area (TPSA) is 29.3 Å². The molecule has 15 heavy (non-hydrogen) atoms. The number of benzene rings is 1. The van der Waals surface area contributed by atoms with Crippen LogP contribution in [0, 0.1) is 0 Å². The summed E-state index contributed by atoms with van der Waals surface area (Å²) in [5, 5.41) is 0. The minimum Gasteiger partial charge on any atom is -0.329 e. The highest BCUT2D eigenvalue weighted by Crippen LogP contribution is 2.32. The van der Waals surface area contributed by atoms with Crippen LogP contribution < -0.4 is 5.73 Å². The predicted octanol–water partition coefficient (Wildman–Crippen LogP) is 2.54. The highest BCUT2D eigenvalue weighted by atomic mass is 79.9. The van der Waals surface area contributed by atoms with Gasteiger partial charge in [-0.15, -0.1) is 0 Å². The van der Waals surface area contributed by atoms with Gasteiger partial charge >= 0.3 is 0 Å². The highest BCUT2D eigenvalue weighted by Gasteiger charge is 2.30. The Hall–Kier alpha value is -0.380. The lowest BCUT2D eigenvalue weighted by Gasteiger charge is -2.27. The van der Waals surface area contributed by atoms with Crippen LogP contribution in [-0.2, 0) is 0 Å². The fraction of sp³-hybridized carbons (Fsp3) is 0.500. The molecule has 82 valence electrons. The van der Waals surface area contributed by atoms with Crippen molar-refractivity contribution in [3.8, 4) is 0 Å². The molecule has 0 bridgehead atoms. The van der Waals surface area contributed by atoms with E-state index in [-0.39, 0.29) is 0 Å². The van der Waals surface area contributed by atoms with Gasteiger partial charge in [0.15, 0.2) is 0 Å². The van der Waals surface area contributed by atoms with Crippen molar-refractivity contribution in [3.05, 3.63) is 34.3 Å². The minimum absolute atomic E-state index is 0.366. The summed E-state index contributed by atoms with van der Waals surface area (Å²) < 4.78 is 1.12. The van der Waals surface area contributed by atoms with E-state index < -0.39 is 0 Å². The lowest BCUT2D eigenvalue weighted by atomic mass is 10.1. The number of nitrogens with two attached hydrogens (primary N) is 1. The molecular weight excluding hydrogens is 252 g/mol. The summed E-state index contributed by atoms with van der Waals surface area (Å²) in [6.07, 6.45) is 2.65. The third-order valence-electron chi connectivity index (χ3n) is 3.09. The van der Waals surface area contributed by atoms with E-state index in [0.29, 0.717) is 12.6 Å². The first-order chi connectivity index (χ1) is 7.22. The molecule has 2 N–H and O–H groups in total. The van der Waals surface area contributed by atoms with Crippen LogP contribution in [0.25, 0.3) is 0 Å². The largest absolute Gasteiger partial charge is 0.329 e. The van der Waals surface area contributed by atoms with Gasteiger partial charge in [0.05, 0.1) is 0 Å². The molecule has 1 fully saturated rings. The Labute approximate surface area is 99.6 Å². The van der Waals surface area contributed by atoms with Crippen LogP contribution in [0.15, 0.2) is 28.7 Å². The van der Waals surface area contributed by atoms with Crippen LogP contribution in [0.5, 0.6) is 0 Å². The SMILES string of the molecule is CN(C1CC1)C(CN)c1ccc(Br)cc1. The third-order valence-corrected chi connectivity index (χ3v) is 3.62. The van der Waals surface area contributed by atoms with Crippen molar-refractivity contribution in [2.24, 2.45) is 5.73 Å². The molecule has 2 rings (SSSR count). The summed E-state index contributed by atoms with van der Waals surface area (Å²) in [5.41, 5.74) is 7.17. The zero-order chi connectivity index (χ0) is 10.8. The van der Waals surface area contributed by atoms with Gasteiger partial charge in [-0.05, 0) is 37.6 Å². The Bertz CT molecular complexity index is 319. The zero-order valence-electron chi connectivity index (χ0n) is 8.99. The van der Waals surface area contributed by atoms with E-state index in [4.69, 9.17) is 5.73 Å². The van der Waals surface area contributed by atoms with Crippen molar-refractivity contribution in [2.45, 2.75) is 24.9 Å². The molecule has 0 aliphatic heterocycles. The smallest absolute Gasteiger partial charge is 0.0470 e. The molecule has 3 heteroatoms. The van der Waals surface area contributed by atoms with E-state index in [1.165, 1.54) is 18.4 Å². The summed E-state index contributed by atoms with van der Waals surface area (Å²) in [4.78, 5) is 2.41. The summed E-state index contributed by atoms with van der Waals surface area (Å²) in [5.74, 6) is 0. The van der Waals surface area contributed by atoms with Gasteiger partial charge in [0.25, 0.3) is 0 Å². The fourth-order valence-corrected chi connectivity index (χ4v) is 2.22. The second-order valence-electron chi connectivity index (χ2n) is 4.20. The predicted molar refractivity (Wildman–Crippen MR) is 66.7 cm³/mol. The molecule has 1 unspecified atom stereocenters. The maximum atomic E-state index is 5.86. The maximum Gasteiger partial charge on any atom is 0.0470 e. The number of likely N-dealkylation sites (N-methyl/N-ethyl adjacent to an activating group) is 1. The molecule has 1 aliphatic rings. The van der Waals surface area contributed by atoms with Gasteiger partial charge in [-0.3, -0.25) is 4.90 Å². The van der Waals surface area contributed by atoms with Crippen molar-refractivity contribution in [2.75, 3.05) is 13.6 Å². The van der Waals surface area contributed by atoms with Gasteiger partial charge in [-0.1, -0.05) is 28.1 Å². The molecule has 0 spiro atoms. The molecule has 1 aromatic rings. The normalized spacial score (nSPS) is 18.1. The van der Waals surface area contributed by atoms with Gasteiger partial charge < -0.3 is 5.73 Å². The lowest BCUT2D eigenvalue weighted by molar-refractivity contribution is 0.240. The molecule has 1 aromatic carbocycles. The van der Waals surface area contributed by atoms with Gasteiger partial charge in [0.2, 0.25) is 0 Å². The zero-order valence-corrected chi connectivity index (χ0v) is 10.6. The van der Waals surface area contributed by atoms with Crippen LogP contribution in [-0.4, -0.2) is 24.5 Å². The van der Waals surface area contributed by atoms with Crippen LogP contribution >= 0.6 is 15.9 Å². The van der Waals surface area contributed by atoms with Crippen LogP contribution in [0.4, 0.5) is 0 Å². The molecule has 1 aliphatic carbocycles. The van der Waals surface area contributed by atoms with E-state index in [2.05, 4.69) is 52.1 Å². The van der Waals surface area contributed by atoms with Crippen molar-refractivity contribution in [1.29, 1.82) is 0 Å². The van der Waals surface area contributed by atoms with Crippen LogP contribution in [0.1, 0.15) is 24.4 Å². The molecule has 0 saturated heterocycles. The minimum atomic E-state index is 0.366. The second-order valence-corrected chi connectivity index (χ2v) is 5.12. The molecular formula is C12H17BrN2. The number of nitrogens with zero attached hydrogens (tertiary/aromatic N) is 1. The van der Waals surface area contributed by atoms with Gasteiger partial charge in [-0.2, -0.15) is 0 Å². The highest BCUT2D eigenvalue weighted by molar-refractivity contribution is 9.10. The van der Waals surface area contributed by atoms with Gasteiger partial charge in [0, 0.05) is 23.1 Å². The van der Waals surface area contributed by atoms with E-state index in [1.54, 1.807) is 0 Å². The van der Waals surface area contributed by atoms with Crippen molar-refractivity contribution < 1.29 is 0 Å².